The lowest BCUT2D eigenvalue weighted by molar-refractivity contribution is -0.160. The number of methoxy groups -OCH3 is 2. The molecule has 2 amide bonds. The van der Waals surface area contributed by atoms with Gasteiger partial charge in [-0.1, -0.05) is 44.2 Å². The van der Waals surface area contributed by atoms with Gasteiger partial charge in [0.15, 0.2) is 6.10 Å². The van der Waals surface area contributed by atoms with E-state index in [1.165, 1.54) is 20.3 Å². The molecule has 2 rings (SSSR count). The molecule has 0 aromatic rings. The predicted molar refractivity (Wildman–Crippen MR) is 189 cm³/mol. The van der Waals surface area contributed by atoms with Crippen molar-refractivity contribution >= 4 is 29.5 Å². The minimum Gasteiger partial charge on any atom is -0.459 e. The van der Waals surface area contributed by atoms with Crippen molar-refractivity contribution in [3.63, 3.8) is 0 Å². The molecule has 0 aromatic heterocycles. The van der Waals surface area contributed by atoms with Crippen molar-refractivity contribution in [3.05, 3.63) is 71.1 Å². The van der Waals surface area contributed by atoms with E-state index in [1.54, 1.807) is 32.1 Å². The molecule has 2 aliphatic rings. The van der Waals surface area contributed by atoms with E-state index in [0.717, 1.165) is 6.08 Å². The van der Waals surface area contributed by atoms with Crippen molar-refractivity contribution in [1.29, 1.82) is 0 Å². The summed E-state index contributed by atoms with van der Waals surface area (Å²) >= 11 is 0. The van der Waals surface area contributed by atoms with E-state index < -0.39 is 59.9 Å². The van der Waals surface area contributed by atoms with Gasteiger partial charge in [0, 0.05) is 50.3 Å². The smallest absolute Gasteiger partial charge is 0.405 e. The second kappa shape index (κ2) is 20.4. The molecule has 1 aliphatic carbocycles. The fourth-order valence-electron chi connectivity index (χ4n) is 5.87. The van der Waals surface area contributed by atoms with Crippen molar-refractivity contribution < 1.29 is 42.9 Å². The number of ether oxygens (including phenoxy) is 4. The summed E-state index contributed by atoms with van der Waals surface area (Å²) < 4.78 is 23.2. The third kappa shape index (κ3) is 12.5. The van der Waals surface area contributed by atoms with Crippen LogP contribution in [-0.2, 0) is 38.1 Å². The van der Waals surface area contributed by atoms with E-state index in [0.29, 0.717) is 25.0 Å². The third-order valence-corrected chi connectivity index (χ3v) is 8.44. The number of carbonyl (C=O) groups excluding carboxylic acids is 5. The molecule has 1 heterocycles. The molecule has 2 unspecified atom stereocenters. The lowest BCUT2D eigenvalue weighted by atomic mass is 9.85. The number of fused-ring (bicyclic) bond motifs is 2. The number of nitrogens with two attached hydrogens (primary N) is 1. The fourth-order valence-corrected chi connectivity index (χ4v) is 5.87. The maximum absolute atomic E-state index is 13.8. The SMILES string of the molecule is C=CCNC1=C2CC(C)CC(OC)[C@@H](OC(=O)CCCN(C)C)[C@H](C)/C=C(\C)[C@@H](OC(N)=O)[C@H](OC)/C=C\C=C(/C)C(=O)NC(=CC1=O)C2=O. The Morgan fingerprint density at radius 3 is 2.42 bits per heavy atom. The Bertz CT molecular complexity index is 1430. The van der Waals surface area contributed by atoms with E-state index in [2.05, 4.69) is 17.2 Å². The average molecular weight is 699 g/mol. The van der Waals surface area contributed by atoms with Crippen LogP contribution < -0.4 is 16.4 Å². The molecule has 0 aromatic carbocycles. The zero-order valence-electron chi connectivity index (χ0n) is 30.6. The van der Waals surface area contributed by atoms with Crippen LogP contribution in [0.4, 0.5) is 4.79 Å². The molecule has 276 valence electrons. The van der Waals surface area contributed by atoms with E-state index in [4.69, 9.17) is 24.7 Å². The summed E-state index contributed by atoms with van der Waals surface area (Å²) in [7, 11) is 6.80. The minimum atomic E-state index is -1.02. The average Bonchev–Trinajstić information content (AvgIpc) is 3.04. The summed E-state index contributed by atoms with van der Waals surface area (Å²) in [6.45, 7) is 11.7. The van der Waals surface area contributed by atoms with Gasteiger partial charge in [-0.2, -0.15) is 0 Å². The van der Waals surface area contributed by atoms with Crippen LogP contribution in [-0.4, -0.2) is 100 Å². The van der Waals surface area contributed by atoms with Crippen molar-refractivity contribution in [2.75, 3.05) is 41.4 Å². The lowest BCUT2D eigenvalue weighted by Crippen LogP contribution is -2.40. The maximum Gasteiger partial charge on any atom is 0.405 e. The summed E-state index contributed by atoms with van der Waals surface area (Å²) in [6.07, 6.45) is 6.21. The number of allylic oxidation sites excluding steroid dienone is 4. The molecular formula is C37H54N4O9. The normalized spacial score (nSPS) is 28.4. The number of carbonyl (C=O) groups is 5. The summed E-state index contributed by atoms with van der Waals surface area (Å²) in [5, 5.41) is 5.58. The Morgan fingerprint density at radius 2 is 1.82 bits per heavy atom. The van der Waals surface area contributed by atoms with E-state index >= 15 is 0 Å². The molecule has 2 bridgehead atoms. The van der Waals surface area contributed by atoms with Gasteiger partial charge in [-0.25, -0.2) is 4.79 Å². The van der Waals surface area contributed by atoms with Crippen LogP contribution >= 0.6 is 0 Å². The topological polar surface area (TPSA) is 176 Å². The van der Waals surface area contributed by atoms with Gasteiger partial charge in [0.05, 0.1) is 17.5 Å². The highest BCUT2D eigenvalue weighted by atomic mass is 16.6. The van der Waals surface area contributed by atoms with Crippen molar-refractivity contribution in [2.45, 2.75) is 77.8 Å². The fraction of sp³-hybridized carbons (Fsp3) is 0.541. The first-order chi connectivity index (χ1) is 23.6. The van der Waals surface area contributed by atoms with Gasteiger partial charge >= 0.3 is 12.1 Å². The second-order valence-electron chi connectivity index (χ2n) is 13.0. The molecule has 1 aliphatic heterocycles. The van der Waals surface area contributed by atoms with Gasteiger partial charge in [0.2, 0.25) is 11.6 Å². The summed E-state index contributed by atoms with van der Waals surface area (Å²) in [6, 6.07) is 0. The van der Waals surface area contributed by atoms with Crippen LogP contribution in [0.25, 0.3) is 0 Å². The van der Waals surface area contributed by atoms with Gasteiger partial charge in [0.1, 0.15) is 12.2 Å². The number of esters is 1. The predicted octanol–water partition coefficient (Wildman–Crippen LogP) is 3.43. The number of amides is 2. The van der Waals surface area contributed by atoms with Crippen molar-refractivity contribution in [3.8, 4) is 0 Å². The first-order valence-electron chi connectivity index (χ1n) is 16.7. The Balaban J connectivity index is 2.71. The number of rotatable bonds is 11. The van der Waals surface area contributed by atoms with Gasteiger partial charge in [-0.3, -0.25) is 19.2 Å². The van der Waals surface area contributed by atoms with Crippen LogP contribution in [0.3, 0.4) is 0 Å². The summed E-state index contributed by atoms with van der Waals surface area (Å²) in [5.74, 6) is -2.65. The zero-order chi connectivity index (χ0) is 37.5. The molecule has 4 N–H and O–H groups in total. The van der Waals surface area contributed by atoms with Gasteiger partial charge in [-0.05, 0) is 65.2 Å². The Labute approximate surface area is 295 Å². The number of nitrogens with zero attached hydrogens (tertiary/aromatic N) is 1. The largest absolute Gasteiger partial charge is 0.459 e. The first-order valence-corrected chi connectivity index (χ1v) is 16.7. The highest BCUT2D eigenvalue weighted by Gasteiger charge is 2.35. The standard InChI is InChI=1S/C37H54N4O9/c1-10-16-39-32-26-18-22(2)19-30(48-9)35(49-31(43)15-12-17-41(6)7)25(5)20-24(4)34(50-37(38)46)29(47-8)14-11-13-23(3)36(45)40-27(33(26)44)21-28(32)42/h10-11,13-14,20-22,25,29-30,34-35,39H,1,12,15-19H2,2-9H3,(H2,38,46)(H,40,45)/b14-11-,23-13+,24-20+/t22?,25-,29-,30?,34-,35+/m1/s1. The van der Waals surface area contributed by atoms with Crippen LogP contribution in [0, 0.1) is 11.8 Å². The first kappa shape index (κ1) is 41.8. The summed E-state index contributed by atoms with van der Waals surface area (Å²) in [5.41, 5.74) is 6.46. The lowest BCUT2D eigenvalue weighted by Gasteiger charge is -2.32. The van der Waals surface area contributed by atoms with Gasteiger partial charge in [-0.15, -0.1) is 6.58 Å². The van der Waals surface area contributed by atoms with Crippen molar-refractivity contribution in [2.24, 2.45) is 17.6 Å². The monoisotopic (exact) mass is 698 g/mol. The molecule has 0 spiro atoms. The van der Waals surface area contributed by atoms with Crippen LogP contribution in [0.1, 0.15) is 53.4 Å². The molecule has 0 saturated heterocycles. The maximum atomic E-state index is 13.8. The molecule has 50 heavy (non-hydrogen) atoms. The quantitative estimate of drug-likeness (QED) is 0.164. The van der Waals surface area contributed by atoms with E-state index in [-0.39, 0.29) is 47.8 Å². The van der Waals surface area contributed by atoms with E-state index in [9.17, 15) is 24.0 Å². The molecule has 0 radical (unpaired) electrons. The number of Topliss-reactive ketones (excluding diaryl/α,β-unsaturated/α-hetero) is 1. The Hall–Kier alpha value is -4.33. The molecule has 6 atom stereocenters. The van der Waals surface area contributed by atoms with Crippen LogP contribution in [0.15, 0.2) is 71.1 Å². The number of primary amides is 1. The minimum absolute atomic E-state index is 0.136. The third-order valence-electron chi connectivity index (χ3n) is 8.44. The molecule has 13 heteroatoms. The second-order valence-corrected chi connectivity index (χ2v) is 13.0. The van der Waals surface area contributed by atoms with Crippen LogP contribution in [0.5, 0.6) is 0 Å². The number of nitrogens with one attached hydrogen (secondary N) is 2. The van der Waals surface area contributed by atoms with Gasteiger partial charge < -0.3 is 40.2 Å². The molecular weight excluding hydrogens is 644 g/mol. The Kier molecular flexibility index (Phi) is 17.0. The molecule has 13 nitrogen and oxygen atoms in total. The van der Waals surface area contributed by atoms with Crippen molar-refractivity contribution in [1.82, 2.24) is 15.5 Å². The highest BCUT2D eigenvalue weighted by molar-refractivity contribution is 6.23. The molecule has 0 fully saturated rings. The highest BCUT2D eigenvalue weighted by Crippen LogP contribution is 2.30. The number of hydrogen-bond acceptors (Lipinski definition) is 11. The Morgan fingerprint density at radius 1 is 1.12 bits per heavy atom. The molecule has 0 saturated carbocycles. The number of ketones is 2. The number of hydrogen-bond donors (Lipinski definition) is 3. The van der Waals surface area contributed by atoms with Gasteiger partial charge in [0.25, 0.3) is 5.91 Å². The van der Waals surface area contributed by atoms with Crippen LogP contribution in [0.2, 0.25) is 0 Å². The zero-order valence-corrected chi connectivity index (χ0v) is 30.6. The van der Waals surface area contributed by atoms with E-state index in [1.807, 2.05) is 38.9 Å². The summed E-state index contributed by atoms with van der Waals surface area (Å²) in [4.78, 5) is 67.4.